The van der Waals surface area contributed by atoms with E-state index in [1.54, 1.807) is 14.2 Å². The van der Waals surface area contributed by atoms with Crippen molar-refractivity contribution in [2.75, 3.05) is 47.1 Å². The summed E-state index contributed by atoms with van der Waals surface area (Å²) in [4.78, 5) is 20.1. The van der Waals surface area contributed by atoms with Crippen molar-refractivity contribution < 1.29 is 19.0 Å². The van der Waals surface area contributed by atoms with Crippen molar-refractivity contribution in [3.05, 3.63) is 35.5 Å². The number of methoxy groups -OCH3 is 2. The minimum atomic E-state index is -0.641. The van der Waals surface area contributed by atoms with Gasteiger partial charge in [-0.15, -0.1) is 0 Å². The number of fused-ring (bicyclic) bond motifs is 4. The van der Waals surface area contributed by atoms with Crippen molar-refractivity contribution in [2.45, 2.75) is 37.1 Å². The SMILES string of the molecule is COCCOC(=O)C12CC3C[C@H](CCOC)C1N(CCc1c2[nH]c2ccccc12)C3. The molecule has 0 radical (unpaired) electrons. The summed E-state index contributed by atoms with van der Waals surface area (Å²) in [6.07, 6.45) is 3.99. The number of para-hydroxylation sites is 1. The third-order valence-corrected chi connectivity index (χ3v) is 7.57. The lowest BCUT2D eigenvalue weighted by Gasteiger charge is -2.58. The van der Waals surface area contributed by atoms with Gasteiger partial charge in [0, 0.05) is 56.6 Å². The number of carbonyl (C=O) groups excluding carboxylic acids is 1. The molecule has 2 saturated heterocycles. The predicted molar refractivity (Wildman–Crippen MR) is 115 cm³/mol. The maximum atomic E-state index is 13.9. The number of hydrogen-bond donors (Lipinski definition) is 1. The number of carbonyl (C=O) groups is 1. The van der Waals surface area contributed by atoms with Crippen molar-refractivity contribution in [3.63, 3.8) is 0 Å². The van der Waals surface area contributed by atoms with Crippen LogP contribution in [0.25, 0.3) is 10.9 Å². The lowest BCUT2D eigenvalue weighted by molar-refractivity contribution is -0.167. The number of hydrogen-bond acceptors (Lipinski definition) is 5. The Kier molecular flexibility index (Phi) is 5.33. The van der Waals surface area contributed by atoms with Crippen LogP contribution in [0.3, 0.4) is 0 Å². The first-order chi connectivity index (χ1) is 14.7. The van der Waals surface area contributed by atoms with E-state index in [2.05, 4.69) is 34.1 Å². The highest BCUT2D eigenvalue weighted by atomic mass is 16.6. The Hall–Kier alpha value is -1.89. The first-order valence-electron chi connectivity index (χ1n) is 11.2. The molecule has 4 aliphatic rings. The third kappa shape index (κ3) is 3.00. The molecule has 2 aromatic rings. The highest BCUT2D eigenvalue weighted by Crippen LogP contribution is 2.55. The van der Waals surface area contributed by atoms with Crippen molar-refractivity contribution in [3.8, 4) is 0 Å². The minimum absolute atomic E-state index is 0.0870. The van der Waals surface area contributed by atoms with Crippen LogP contribution in [-0.2, 0) is 30.8 Å². The molecule has 1 aromatic heterocycles. The van der Waals surface area contributed by atoms with Gasteiger partial charge in [-0.1, -0.05) is 18.2 Å². The molecule has 4 bridgehead atoms. The van der Waals surface area contributed by atoms with E-state index in [-0.39, 0.29) is 12.0 Å². The number of H-pyrrole nitrogens is 1. The molecule has 30 heavy (non-hydrogen) atoms. The number of benzene rings is 1. The topological polar surface area (TPSA) is 63.8 Å². The summed E-state index contributed by atoms with van der Waals surface area (Å²) in [5.41, 5.74) is 2.88. The zero-order valence-electron chi connectivity index (χ0n) is 18.0. The Morgan fingerprint density at radius 1 is 1.20 bits per heavy atom. The first kappa shape index (κ1) is 20.0. The molecule has 1 N–H and O–H groups in total. The lowest BCUT2D eigenvalue weighted by Crippen LogP contribution is -2.67. The minimum Gasteiger partial charge on any atom is -0.462 e. The van der Waals surface area contributed by atoms with E-state index in [1.807, 2.05) is 0 Å². The molecule has 6 heteroatoms. The largest absolute Gasteiger partial charge is 0.462 e. The van der Waals surface area contributed by atoms with Crippen LogP contribution in [0, 0.1) is 11.8 Å². The molecule has 3 aliphatic heterocycles. The number of aromatic amines is 1. The molecule has 1 aliphatic carbocycles. The van der Waals surface area contributed by atoms with Crippen LogP contribution in [0.2, 0.25) is 0 Å². The van der Waals surface area contributed by atoms with Gasteiger partial charge in [0.25, 0.3) is 0 Å². The second-order valence-electron chi connectivity index (χ2n) is 9.16. The molecule has 5 atom stereocenters. The van der Waals surface area contributed by atoms with Gasteiger partial charge in [0.2, 0.25) is 0 Å². The molecule has 1 aromatic carbocycles. The summed E-state index contributed by atoms with van der Waals surface area (Å²) in [6.45, 7) is 3.53. The Morgan fingerprint density at radius 3 is 2.87 bits per heavy atom. The zero-order chi connectivity index (χ0) is 20.7. The Morgan fingerprint density at radius 2 is 2.03 bits per heavy atom. The van der Waals surface area contributed by atoms with E-state index in [4.69, 9.17) is 14.2 Å². The quantitative estimate of drug-likeness (QED) is 0.560. The van der Waals surface area contributed by atoms with Crippen molar-refractivity contribution in [1.82, 2.24) is 9.88 Å². The summed E-state index contributed by atoms with van der Waals surface area (Å²) in [6, 6.07) is 8.60. The van der Waals surface area contributed by atoms with Crippen LogP contribution in [-0.4, -0.2) is 69.0 Å². The fourth-order valence-corrected chi connectivity index (χ4v) is 6.59. The highest BCUT2D eigenvalue weighted by molar-refractivity contribution is 5.91. The van der Waals surface area contributed by atoms with Gasteiger partial charge in [-0.2, -0.15) is 0 Å². The number of esters is 1. The van der Waals surface area contributed by atoms with Crippen molar-refractivity contribution in [1.29, 1.82) is 0 Å². The Balaban J connectivity index is 1.65. The lowest BCUT2D eigenvalue weighted by atomic mass is 9.56. The molecule has 0 amide bonds. The number of nitrogens with one attached hydrogen (secondary N) is 1. The van der Waals surface area contributed by atoms with E-state index in [9.17, 15) is 4.79 Å². The van der Waals surface area contributed by atoms with E-state index in [0.717, 1.165) is 50.2 Å². The van der Waals surface area contributed by atoms with Crippen LogP contribution in [0.15, 0.2) is 24.3 Å². The average Bonchev–Trinajstić information content (AvgIpc) is 3.10. The maximum Gasteiger partial charge on any atom is 0.319 e. The van der Waals surface area contributed by atoms with Gasteiger partial charge in [-0.3, -0.25) is 9.69 Å². The summed E-state index contributed by atoms with van der Waals surface area (Å²) >= 11 is 0. The van der Waals surface area contributed by atoms with Gasteiger partial charge in [-0.05, 0) is 49.1 Å². The van der Waals surface area contributed by atoms with Crippen LogP contribution < -0.4 is 0 Å². The maximum absolute atomic E-state index is 13.9. The van der Waals surface area contributed by atoms with E-state index in [0.29, 0.717) is 25.0 Å². The Labute approximate surface area is 177 Å². The second kappa shape index (κ2) is 7.98. The molecule has 4 unspecified atom stereocenters. The van der Waals surface area contributed by atoms with Crippen LogP contribution in [0.5, 0.6) is 0 Å². The number of aromatic nitrogens is 1. The molecule has 6 nitrogen and oxygen atoms in total. The van der Waals surface area contributed by atoms with Gasteiger partial charge in [0.15, 0.2) is 0 Å². The molecular weight excluding hydrogens is 380 g/mol. The van der Waals surface area contributed by atoms with Crippen LogP contribution in [0.1, 0.15) is 30.5 Å². The van der Waals surface area contributed by atoms with E-state index >= 15 is 0 Å². The summed E-state index contributed by atoms with van der Waals surface area (Å²) in [7, 11) is 3.40. The molecular formula is C24H32N2O4. The Bertz CT molecular complexity index is 925. The number of ether oxygens (including phenoxy) is 3. The first-order valence-corrected chi connectivity index (χ1v) is 11.2. The summed E-state index contributed by atoms with van der Waals surface area (Å²) < 4.78 is 16.5. The molecule has 1 saturated carbocycles. The monoisotopic (exact) mass is 412 g/mol. The van der Waals surface area contributed by atoms with Crippen LogP contribution >= 0.6 is 0 Å². The molecule has 0 spiro atoms. The van der Waals surface area contributed by atoms with Crippen LogP contribution in [0.4, 0.5) is 0 Å². The zero-order valence-corrected chi connectivity index (χ0v) is 18.0. The second-order valence-corrected chi connectivity index (χ2v) is 9.16. The fraction of sp³-hybridized carbons (Fsp3) is 0.625. The summed E-state index contributed by atoms with van der Waals surface area (Å²) in [5, 5.41) is 1.25. The highest BCUT2D eigenvalue weighted by Gasteiger charge is 2.63. The summed E-state index contributed by atoms with van der Waals surface area (Å²) in [5.74, 6) is 0.852. The smallest absolute Gasteiger partial charge is 0.319 e. The molecule has 162 valence electrons. The normalized spacial score (nSPS) is 32.1. The fourth-order valence-electron chi connectivity index (χ4n) is 6.59. The number of piperidine rings is 2. The standard InChI is InChI=1S/C24H32N2O4/c1-28-10-8-17-13-16-14-24(23(27)30-12-11-29-2)21-19(7-9-26(15-16)22(17)24)18-5-3-4-6-20(18)25-21/h3-6,16-17,22,25H,7-15H2,1-2H3/t16?,17-,22?,24?/m0/s1. The molecule has 4 heterocycles. The van der Waals surface area contributed by atoms with Gasteiger partial charge < -0.3 is 19.2 Å². The third-order valence-electron chi connectivity index (χ3n) is 7.57. The molecule has 3 fully saturated rings. The van der Waals surface area contributed by atoms with Crippen molar-refractivity contribution >= 4 is 16.9 Å². The van der Waals surface area contributed by atoms with Gasteiger partial charge in [0.05, 0.1) is 6.61 Å². The van der Waals surface area contributed by atoms with Gasteiger partial charge in [0.1, 0.15) is 12.0 Å². The predicted octanol–water partition coefficient (Wildman–Crippen LogP) is 2.90. The van der Waals surface area contributed by atoms with E-state index in [1.165, 1.54) is 17.4 Å². The van der Waals surface area contributed by atoms with Gasteiger partial charge >= 0.3 is 5.97 Å². The number of rotatable bonds is 7. The number of nitrogens with zero attached hydrogens (tertiary/aromatic N) is 1. The average molecular weight is 413 g/mol. The van der Waals surface area contributed by atoms with Crippen molar-refractivity contribution in [2.24, 2.45) is 11.8 Å². The van der Waals surface area contributed by atoms with Gasteiger partial charge in [-0.25, -0.2) is 0 Å². The molecule has 6 rings (SSSR count). The van der Waals surface area contributed by atoms with E-state index < -0.39 is 5.41 Å².